The lowest BCUT2D eigenvalue weighted by atomic mass is 10.0. The Labute approximate surface area is 119 Å². The Kier molecular flexibility index (Phi) is 3.81. The van der Waals surface area contributed by atoms with Crippen molar-refractivity contribution >= 4 is 5.91 Å². The zero-order valence-electron chi connectivity index (χ0n) is 12.0. The van der Waals surface area contributed by atoms with Crippen LogP contribution >= 0.6 is 0 Å². The Morgan fingerprint density at radius 2 is 1.75 bits per heavy atom. The molecule has 1 aromatic carbocycles. The molecule has 1 amide bonds. The SMILES string of the molecule is Cc1cc2c(cc1CC(=O)N1CCCCC1)OCCO2. The summed E-state index contributed by atoms with van der Waals surface area (Å²) in [5.74, 6) is 1.79. The minimum atomic E-state index is 0.226. The van der Waals surface area contributed by atoms with Gasteiger partial charge in [0.1, 0.15) is 13.2 Å². The molecule has 1 saturated heterocycles. The lowest BCUT2D eigenvalue weighted by Gasteiger charge is -2.27. The van der Waals surface area contributed by atoms with Crippen molar-refractivity contribution in [2.24, 2.45) is 0 Å². The van der Waals surface area contributed by atoms with Gasteiger partial charge in [-0.25, -0.2) is 0 Å². The predicted octanol–water partition coefficient (Wildman–Crippen LogP) is 2.32. The quantitative estimate of drug-likeness (QED) is 0.831. The average molecular weight is 275 g/mol. The number of amides is 1. The number of ether oxygens (including phenoxy) is 2. The fourth-order valence-corrected chi connectivity index (χ4v) is 2.84. The zero-order valence-corrected chi connectivity index (χ0v) is 12.0. The summed E-state index contributed by atoms with van der Waals surface area (Å²) in [7, 11) is 0. The normalized spacial score (nSPS) is 17.9. The highest BCUT2D eigenvalue weighted by Gasteiger charge is 2.20. The van der Waals surface area contributed by atoms with Crippen molar-refractivity contribution in [3.63, 3.8) is 0 Å². The molecule has 108 valence electrons. The summed E-state index contributed by atoms with van der Waals surface area (Å²) in [5.41, 5.74) is 2.14. The van der Waals surface area contributed by atoms with Crippen molar-refractivity contribution in [1.82, 2.24) is 4.90 Å². The maximum Gasteiger partial charge on any atom is 0.227 e. The summed E-state index contributed by atoms with van der Waals surface area (Å²) in [5, 5.41) is 0. The minimum absolute atomic E-state index is 0.226. The molecule has 4 heteroatoms. The molecule has 0 aromatic heterocycles. The number of likely N-dealkylation sites (tertiary alicyclic amines) is 1. The molecular formula is C16H21NO3. The van der Waals surface area contributed by atoms with E-state index in [0.717, 1.165) is 48.6 Å². The number of aryl methyl sites for hydroxylation is 1. The predicted molar refractivity (Wildman–Crippen MR) is 76.3 cm³/mol. The third-order valence-corrected chi connectivity index (χ3v) is 4.05. The van der Waals surface area contributed by atoms with E-state index in [1.165, 1.54) is 6.42 Å². The third kappa shape index (κ3) is 2.74. The zero-order chi connectivity index (χ0) is 13.9. The highest BCUT2D eigenvalue weighted by atomic mass is 16.6. The van der Waals surface area contributed by atoms with E-state index in [4.69, 9.17) is 9.47 Å². The van der Waals surface area contributed by atoms with Gasteiger partial charge in [0.15, 0.2) is 11.5 Å². The number of rotatable bonds is 2. The lowest BCUT2D eigenvalue weighted by molar-refractivity contribution is -0.131. The molecule has 0 bridgehead atoms. The van der Waals surface area contributed by atoms with Crippen LogP contribution in [0.1, 0.15) is 30.4 Å². The first-order valence-corrected chi connectivity index (χ1v) is 7.41. The summed E-state index contributed by atoms with van der Waals surface area (Å²) in [6.45, 7) is 5.01. The maximum atomic E-state index is 12.3. The van der Waals surface area contributed by atoms with Gasteiger partial charge in [0.2, 0.25) is 5.91 Å². The van der Waals surface area contributed by atoms with Crippen LogP contribution in [0, 0.1) is 6.92 Å². The van der Waals surface area contributed by atoms with Crippen molar-refractivity contribution in [3.8, 4) is 11.5 Å². The molecule has 0 saturated carbocycles. The molecule has 0 spiro atoms. The van der Waals surface area contributed by atoms with Crippen LogP contribution in [0.25, 0.3) is 0 Å². The number of hydrogen-bond acceptors (Lipinski definition) is 3. The van der Waals surface area contributed by atoms with Gasteiger partial charge < -0.3 is 14.4 Å². The lowest BCUT2D eigenvalue weighted by Crippen LogP contribution is -2.36. The molecule has 20 heavy (non-hydrogen) atoms. The van der Waals surface area contributed by atoms with E-state index in [-0.39, 0.29) is 5.91 Å². The Morgan fingerprint density at radius 3 is 2.45 bits per heavy atom. The molecule has 2 heterocycles. The molecule has 4 nitrogen and oxygen atoms in total. The van der Waals surface area contributed by atoms with E-state index in [1.807, 2.05) is 24.0 Å². The maximum absolute atomic E-state index is 12.3. The van der Waals surface area contributed by atoms with Crippen LogP contribution < -0.4 is 9.47 Å². The summed E-state index contributed by atoms with van der Waals surface area (Å²) in [6, 6.07) is 3.94. The van der Waals surface area contributed by atoms with E-state index in [1.54, 1.807) is 0 Å². The fraction of sp³-hybridized carbons (Fsp3) is 0.562. The van der Waals surface area contributed by atoms with Crippen LogP contribution in [0.15, 0.2) is 12.1 Å². The van der Waals surface area contributed by atoms with Gasteiger partial charge >= 0.3 is 0 Å². The number of carbonyl (C=O) groups excluding carboxylic acids is 1. The van der Waals surface area contributed by atoms with E-state index < -0.39 is 0 Å². The van der Waals surface area contributed by atoms with Crippen molar-refractivity contribution < 1.29 is 14.3 Å². The highest BCUT2D eigenvalue weighted by Crippen LogP contribution is 2.33. The molecule has 0 radical (unpaired) electrons. The Balaban J connectivity index is 1.74. The first kappa shape index (κ1) is 13.3. The van der Waals surface area contributed by atoms with Crippen LogP contribution in [0.2, 0.25) is 0 Å². The highest BCUT2D eigenvalue weighted by molar-refractivity contribution is 5.79. The van der Waals surface area contributed by atoms with Crippen molar-refractivity contribution in [2.75, 3.05) is 26.3 Å². The van der Waals surface area contributed by atoms with Crippen LogP contribution in [0.5, 0.6) is 11.5 Å². The Bertz CT molecular complexity index is 507. The molecule has 0 aliphatic carbocycles. The minimum Gasteiger partial charge on any atom is -0.486 e. The van der Waals surface area contributed by atoms with Gasteiger partial charge in [0, 0.05) is 13.1 Å². The van der Waals surface area contributed by atoms with Gasteiger partial charge in [-0.3, -0.25) is 4.79 Å². The van der Waals surface area contributed by atoms with Gasteiger partial charge in [-0.1, -0.05) is 0 Å². The number of carbonyl (C=O) groups is 1. The first-order chi connectivity index (χ1) is 9.74. The largest absolute Gasteiger partial charge is 0.486 e. The van der Waals surface area contributed by atoms with Crippen LogP contribution in [0.3, 0.4) is 0 Å². The van der Waals surface area contributed by atoms with Crippen molar-refractivity contribution in [1.29, 1.82) is 0 Å². The molecule has 0 N–H and O–H groups in total. The van der Waals surface area contributed by atoms with E-state index in [2.05, 4.69) is 0 Å². The molecular weight excluding hydrogens is 254 g/mol. The molecule has 0 atom stereocenters. The third-order valence-electron chi connectivity index (χ3n) is 4.05. The molecule has 1 aromatic rings. The molecule has 3 rings (SSSR count). The molecule has 0 unspecified atom stereocenters. The summed E-state index contributed by atoms with van der Waals surface area (Å²) < 4.78 is 11.2. The van der Waals surface area contributed by atoms with Crippen LogP contribution in [0.4, 0.5) is 0 Å². The van der Waals surface area contributed by atoms with Crippen LogP contribution in [-0.2, 0) is 11.2 Å². The second-order valence-electron chi connectivity index (χ2n) is 5.54. The Hall–Kier alpha value is -1.71. The smallest absolute Gasteiger partial charge is 0.227 e. The van der Waals surface area contributed by atoms with E-state index in [0.29, 0.717) is 19.6 Å². The molecule has 2 aliphatic rings. The molecule has 1 fully saturated rings. The number of fused-ring (bicyclic) bond motifs is 1. The monoisotopic (exact) mass is 275 g/mol. The van der Waals surface area contributed by atoms with Crippen LogP contribution in [-0.4, -0.2) is 37.1 Å². The summed E-state index contributed by atoms with van der Waals surface area (Å²) in [6.07, 6.45) is 3.97. The standard InChI is InChI=1S/C16H21NO3/c1-12-9-14-15(20-8-7-19-14)10-13(12)11-16(18)17-5-3-2-4-6-17/h9-10H,2-8,11H2,1H3. The van der Waals surface area contributed by atoms with Gasteiger partial charge in [-0.2, -0.15) is 0 Å². The van der Waals surface area contributed by atoms with Crippen molar-refractivity contribution in [3.05, 3.63) is 23.3 Å². The van der Waals surface area contributed by atoms with E-state index in [9.17, 15) is 4.79 Å². The number of piperidine rings is 1. The number of benzene rings is 1. The first-order valence-electron chi connectivity index (χ1n) is 7.41. The summed E-state index contributed by atoms with van der Waals surface area (Å²) in [4.78, 5) is 14.3. The molecule has 2 aliphatic heterocycles. The van der Waals surface area contributed by atoms with Gasteiger partial charge in [-0.05, 0) is 49.4 Å². The topological polar surface area (TPSA) is 38.8 Å². The second kappa shape index (κ2) is 5.73. The average Bonchev–Trinajstić information content (AvgIpc) is 2.49. The summed E-state index contributed by atoms with van der Waals surface area (Å²) >= 11 is 0. The number of nitrogens with zero attached hydrogens (tertiary/aromatic N) is 1. The van der Waals surface area contributed by atoms with Gasteiger partial charge in [0.25, 0.3) is 0 Å². The van der Waals surface area contributed by atoms with Gasteiger partial charge in [0.05, 0.1) is 6.42 Å². The van der Waals surface area contributed by atoms with Crippen molar-refractivity contribution in [2.45, 2.75) is 32.6 Å². The fourth-order valence-electron chi connectivity index (χ4n) is 2.84. The van der Waals surface area contributed by atoms with E-state index >= 15 is 0 Å². The number of hydrogen-bond donors (Lipinski definition) is 0. The Morgan fingerprint density at radius 1 is 1.10 bits per heavy atom. The second-order valence-corrected chi connectivity index (χ2v) is 5.54. The van der Waals surface area contributed by atoms with Gasteiger partial charge in [-0.15, -0.1) is 0 Å².